The molecule has 1 unspecified atom stereocenters. The highest BCUT2D eigenvalue weighted by Gasteiger charge is 2.11. The summed E-state index contributed by atoms with van der Waals surface area (Å²) in [7, 11) is 0. The molecule has 0 fully saturated rings. The molecular weight excluding hydrogens is 246 g/mol. The van der Waals surface area contributed by atoms with E-state index in [-0.39, 0.29) is 0 Å². The average molecular weight is 277 g/mol. The standard InChI is InChI=1S/C18H31NO/c1-4-5-12-20-13-11-18(15-19-14-16(2)3)17-9-7-6-8-10-17/h6-10,16,18-19H,4-5,11-15H2,1-3H3. The van der Waals surface area contributed by atoms with Crippen LogP contribution in [0.2, 0.25) is 0 Å². The zero-order valence-corrected chi connectivity index (χ0v) is 13.4. The van der Waals surface area contributed by atoms with Gasteiger partial charge in [-0.05, 0) is 36.8 Å². The minimum Gasteiger partial charge on any atom is -0.381 e. The molecule has 1 N–H and O–H groups in total. The van der Waals surface area contributed by atoms with Gasteiger partial charge < -0.3 is 10.1 Å². The van der Waals surface area contributed by atoms with Crippen LogP contribution in [0.1, 0.15) is 51.5 Å². The van der Waals surface area contributed by atoms with Gasteiger partial charge in [0.15, 0.2) is 0 Å². The fourth-order valence-electron chi connectivity index (χ4n) is 2.23. The quantitative estimate of drug-likeness (QED) is 0.611. The zero-order chi connectivity index (χ0) is 14.6. The van der Waals surface area contributed by atoms with Crippen molar-refractivity contribution in [2.75, 3.05) is 26.3 Å². The molecule has 0 spiro atoms. The maximum atomic E-state index is 5.73. The van der Waals surface area contributed by atoms with E-state index in [4.69, 9.17) is 4.74 Å². The smallest absolute Gasteiger partial charge is 0.0472 e. The summed E-state index contributed by atoms with van der Waals surface area (Å²) in [5, 5.41) is 3.58. The lowest BCUT2D eigenvalue weighted by molar-refractivity contribution is 0.124. The molecule has 0 aliphatic rings. The molecule has 0 heterocycles. The van der Waals surface area contributed by atoms with Crippen molar-refractivity contribution in [2.45, 2.75) is 46.0 Å². The topological polar surface area (TPSA) is 21.3 Å². The normalized spacial score (nSPS) is 12.8. The summed E-state index contributed by atoms with van der Waals surface area (Å²) in [6, 6.07) is 10.8. The van der Waals surface area contributed by atoms with Crippen molar-refractivity contribution in [3.63, 3.8) is 0 Å². The maximum Gasteiger partial charge on any atom is 0.0472 e. The molecular formula is C18H31NO. The highest BCUT2D eigenvalue weighted by Crippen LogP contribution is 2.18. The Morgan fingerprint density at radius 1 is 1.05 bits per heavy atom. The van der Waals surface area contributed by atoms with Crippen LogP contribution >= 0.6 is 0 Å². The molecule has 0 saturated heterocycles. The molecule has 0 saturated carbocycles. The summed E-state index contributed by atoms with van der Waals surface area (Å²) < 4.78 is 5.73. The van der Waals surface area contributed by atoms with Gasteiger partial charge in [0, 0.05) is 19.8 Å². The Balaban J connectivity index is 2.39. The molecule has 1 aromatic rings. The third kappa shape index (κ3) is 7.66. The number of ether oxygens (including phenoxy) is 1. The van der Waals surface area contributed by atoms with E-state index < -0.39 is 0 Å². The molecule has 2 nitrogen and oxygen atoms in total. The molecule has 2 heteroatoms. The SMILES string of the molecule is CCCCOCCC(CNCC(C)C)c1ccccc1. The largest absolute Gasteiger partial charge is 0.381 e. The van der Waals surface area contributed by atoms with Crippen LogP contribution in [0.25, 0.3) is 0 Å². The fourth-order valence-corrected chi connectivity index (χ4v) is 2.23. The molecule has 20 heavy (non-hydrogen) atoms. The summed E-state index contributed by atoms with van der Waals surface area (Å²) in [6.07, 6.45) is 3.47. The summed E-state index contributed by atoms with van der Waals surface area (Å²) in [6.45, 7) is 10.6. The van der Waals surface area contributed by atoms with E-state index in [0.717, 1.165) is 32.7 Å². The highest BCUT2D eigenvalue weighted by molar-refractivity contribution is 5.19. The van der Waals surface area contributed by atoms with Crippen molar-refractivity contribution < 1.29 is 4.74 Å². The van der Waals surface area contributed by atoms with Crippen molar-refractivity contribution in [2.24, 2.45) is 5.92 Å². The first kappa shape index (κ1) is 17.2. The Morgan fingerprint density at radius 2 is 1.80 bits per heavy atom. The van der Waals surface area contributed by atoms with Crippen LogP contribution in [0.5, 0.6) is 0 Å². The Labute approximate surface area is 124 Å². The summed E-state index contributed by atoms with van der Waals surface area (Å²) in [4.78, 5) is 0. The lowest BCUT2D eigenvalue weighted by atomic mass is 9.96. The lowest BCUT2D eigenvalue weighted by Gasteiger charge is -2.19. The molecule has 0 aliphatic heterocycles. The zero-order valence-electron chi connectivity index (χ0n) is 13.4. The number of hydrogen-bond donors (Lipinski definition) is 1. The highest BCUT2D eigenvalue weighted by atomic mass is 16.5. The van der Waals surface area contributed by atoms with Crippen LogP contribution in [-0.4, -0.2) is 26.3 Å². The van der Waals surface area contributed by atoms with Gasteiger partial charge in [-0.2, -0.15) is 0 Å². The Morgan fingerprint density at radius 3 is 2.45 bits per heavy atom. The third-order valence-electron chi connectivity index (χ3n) is 3.47. The number of hydrogen-bond acceptors (Lipinski definition) is 2. The van der Waals surface area contributed by atoms with E-state index in [1.807, 2.05) is 0 Å². The first-order chi connectivity index (χ1) is 9.74. The van der Waals surface area contributed by atoms with E-state index in [2.05, 4.69) is 56.4 Å². The number of benzene rings is 1. The molecule has 0 bridgehead atoms. The van der Waals surface area contributed by atoms with Gasteiger partial charge in [0.2, 0.25) is 0 Å². The van der Waals surface area contributed by atoms with Crippen molar-refractivity contribution >= 4 is 0 Å². The van der Waals surface area contributed by atoms with Crippen molar-refractivity contribution in [3.8, 4) is 0 Å². The number of rotatable bonds is 11. The molecule has 1 aromatic carbocycles. The molecule has 1 atom stereocenters. The van der Waals surface area contributed by atoms with Crippen LogP contribution < -0.4 is 5.32 Å². The van der Waals surface area contributed by atoms with Crippen molar-refractivity contribution in [1.29, 1.82) is 0 Å². The van der Waals surface area contributed by atoms with Crippen LogP contribution in [0.3, 0.4) is 0 Å². The first-order valence-corrected chi connectivity index (χ1v) is 8.07. The van der Waals surface area contributed by atoms with E-state index in [9.17, 15) is 0 Å². The van der Waals surface area contributed by atoms with E-state index in [1.54, 1.807) is 0 Å². The summed E-state index contributed by atoms with van der Waals surface area (Å²) in [5.74, 6) is 1.25. The predicted molar refractivity (Wildman–Crippen MR) is 87.2 cm³/mol. The van der Waals surface area contributed by atoms with Gasteiger partial charge in [-0.3, -0.25) is 0 Å². The second-order valence-corrected chi connectivity index (χ2v) is 5.91. The minimum absolute atomic E-state index is 0.552. The molecule has 0 aliphatic carbocycles. The van der Waals surface area contributed by atoms with Gasteiger partial charge in [-0.1, -0.05) is 57.5 Å². The second kappa shape index (κ2) is 10.9. The third-order valence-corrected chi connectivity index (χ3v) is 3.47. The number of unbranched alkanes of at least 4 members (excludes halogenated alkanes) is 1. The van der Waals surface area contributed by atoms with Gasteiger partial charge in [-0.15, -0.1) is 0 Å². The van der Waals surface area contributed by atoms with E-state index in [1.165, 1.54) is 18.4 Å². The minimum atomic E-state index is 0.552. The van der Waals surface area contributed by atoms with Gasteiger partial charge in [0.1, 0.15) is 0 Å². The molecule has 0 radical (unpaired) electrons. The monoisotopic (exact) mass is 277 g/mol. The Hall–Kier alpha value is -0.860. The predicted octanol–water partition coefficient (Wildman–Crippen LogP) is 4.22. The van der Waals surface area contributed by atoms with Crippen molar-refractivity contribution in [1.82, 2.24) is 5.32 Å². The molecule has 0 aromatic heterocycles. The van der Waals surface area contributed by atoms with Gasteiger partial charge in [0.05, 0.1) is 0 Å². The Bertz CT molecular complexity index is 323. The Kier molecular flexibility index (Phi) is 9.35. The van der Waals surface area contributed by atoms with E-state index >= 15 is 0 Å². The molecule has 114 valence electrons. The lowest BCUT2D eigenvalue weighted by Crippen LogP contribution is -2.26. The van der Waals surface area contributed by atoms with E-state index in [0.29, 0.717) is 11.8 Å². The van der Waals surface area contributed by atoms with Crippen LogP contribution in [-0.2, 0) is 4.74 Å². The van der Waals surface area contributed by atoms with Crippen LogP contribution in [0.4, 0.5) is 0 Å². The first-order valence-electron chi connectivity index (χ1n) is 8.07. The summed E-state index contributed by atoms with van der Waals surface area (Å²) >= 11 is 0. The van der Waals surface area contributed by atoms with Gasteiger partial charge in [0.25, 0.3) is 0 Å². The number of nitrogens with one attached hydrogen (secondary N) is 1. The average Bonchev–Trinajstić information content (AvgIpc) is 2.46. The van der Waals surface area contributed by atoms with Gasteiger partial charge >= 0.3 is 0 Å². The summed E-state index contributed by atoms with van der Waals surface area (Å²) in [5.41, 5.74) is 1.42. The van der Waals surface area contributed by atoms with Gasteiger partial charge in [-0.25, -0.2) is 0 Å². The fraction of sp³-hybridized carbons (Fsp3) is 0.667. The van der Waals surface area contributed by atoms with Crippen molar-refractivity contribution in [3.05, 3.63) is 35.9 Å². The maximum absolute atomic E-state index is 5.73. The van der Waals surface area contributed by atoms with Crippen LogP contribution in [0, 0.1) is 5.92 Å². The second-order valence-electron chi connectivity index (χ2n) is 5.91. The van der Waals surface area contributed by atoms with Crippen LogP contribution in [0.15, 0.2) is 30.3 Å². The molecule has 0 amide bonds. The molecule has 1 rings (SSSR count).